The van der Waals surface area contributed by atoms with Crippen LogP contribution in [-0.4, -0.2) is 42.2 Å². The maximum atomic E-state index is 9.37. The highest BCUT2D eigenvalue weighted by Gasteiger charge is 2.25. The fourth-order valence-corrected chi connectivity index (χ4v) is 2.05. The largest absolute Gasteiger partial charge is 0.405 e. The second kappa shape index (κ2) is 5.29. The average molecular weight is 203 g/mol. The summed E-state index contributed by atoms with van der Waals surface area (Å²) in [7, 11) is 1.79. The SMILES string of the molecule is C=[N+]=C(NC)SC1CC(O)CCO1. The Labute approximate surface area is 82.1 Å². The van der Waals surface area contributed by atoms with E-state index in [1.165, 1.54) is 11.8 Å². The van der Waals surface area contributed by atoms with E-state index >= 15 is 0 Å². The van der Waals surface area contributed by atoms with Crippen molar-refractivity contribution >= 4 is 23.6 Å². The number of nitrogens with one attached hydrogen (secondary N) is 1. The van der Waals surface area contributed by atoms with Gasteiger partial charge in [-0.15, -0.1) is 0 Å². The van der Waals surface area contributed by atoms with E-state index in [2.05, 4.69) is 16.7 Å². The number of thioether (sulfide) groups is 1. The lowest BCUT2D eigenvalue weighted by Gasteiger charge is -2.24. The summed E-state index contributed by atoms with van der Waals surface area (Å²) in [5.74, 6) is 0. The van der Waals surface area contributed by atoms with E-state index in [-0.39, 0.29) is 11.5 Å². The molecule has 2 N–H and O–H groups in total. The van der Waals surface area contributed by atoms with Gasteiger partial charge in [-0.05, 0) is 6.42 Å². The summed E-state index contributed by atoms with van der Waals surface area (Å²) in [5, 5.41) is 13.0. The highest BCUT2D eigenvalue weighted by molar-refractivity contribution is 8.14. The van der Waals surface area contributed by atoms with Crippen molar-refractivity contribution in [1.82, 2.24) is 9.98 Å². The van der Waals surface area contributed by atoms with Crippen molar-refractivity contribution in [2.24, 2.45) is 0 Å². The Hall–Kier alpha value is -0.480. The molecule has 1 saturated heterocycles. The zero-order valence-corrected chi connectivity index (χ0v) is 8.51. The Kier molecular flexibility index (Phi) is 4.32. The van der Waals surface area contributed by atoms with Crippen molar-refractivity contribution in [3.63, 3.8) is 0 Å². The zero-order valence-electron chi connectivity index (χ0n) is 7.69. The second-order valence-electron chi connectivity index (χ2n) is 2.81. The van der Waals surface area contributed by atoms with E-state index in [4.69, 9.17) is 4.74 Å². The van der Waals surface area contributed by atoms with Gasteiger partial charge in [0.25, 0.3) is 0 Å². The smallest absolute Gasteiger partial charge is 0.393 e. The molecule has 0 aromatic rings. The first kappa shape index (κ1) is 10.6. The number of rotatable bonds is 1. The van der Waals surface area contributed by atoms with Crippen molar-refractivity contribution in [2.75, 3.05) is 13.7 Å². The van der Waals surface area contributed by atoms with Gasteiger partial charge in [0.2, 0.25) is 0 Å². The lowest BCUT2D eigenvalue weighted by atomic mass is 10.2. The number of ether oxygens (including phenoxy) is 1. The van der Waals surface area contributed by atoms with Crippen molar-refractivity contribution in [3.8, 4) is 0 Å². The molecule has 0 bridgehead atoms. The Morgan fingerprint density at radius 2 is 2.54 bits per heavy atom. The van der Waals surface area contributed by atoms with E-state index in [1.807, 2.05) is 0 Å². The van der Waals surface area contributed by atoms with Crippen LogP contribution >= 0.6 is 11.8 Å². The minimum Gasteiger partial charge on any atom is -0.393 e. The Balaban J connectivity index is 2.39. The minimum atomic E-state index is -0.242. The van der Waals surface area contributed by atoms with Crippen LogP contribution in [0.2, 0.25) is 0 Å². The lowest BCUT2D eigenvalue weighted by molar-refractivity contribution is -0.00213. The topological polar surface area (TPSA) is 55.6 Å². The molecule has 0 radical (unpaired) electrons. The van der Waals surface area contributed by atoms with E-state index in [0.29, 0.717) is 13.0 Å². The molecule has 1 aliphatic rings. The monoisotopic (exact) mass is 203 g/mol. The standard InChI is InChI=1S/C8H14N2O2S/c1-9-8(10-2)13-7-5-6(11)3-4-12-7/h6-7,11H,1,3-5H2,2H3/p+1. The third kappa shape index (κ3) is 3.40. The van der Waals surface area contributed by atoms with Gasteiger partial charge >= 0.3 is 5.17 Å². The lowest BCUT2D eigenvalue weighted by Crippen LogP contribution is -2.30. The van der Waals surface area contributed by atoms with Crippen LogP contribution in [0.25, 0.3) is 0 Å². The molecule has 0 aromatic carbocycles. The predicted octanol–water partition coefficient (Wildman–Crippen LogP) is -0.440. The molecule has 0 aliphatic carbocycles. The van der Waals surface area contributed by atoms with Gasteiger partial charge in [0, 0.05) is 18.2 Å². The molecule has 1 rings (SSSR count). The number of aliphatic hydroxyl groups is 1. The second-order valence-corrected chi connectivity index (χ2v) is 3.96. The molecule has 1 fully saturated rings. The Morgan fingerprint density at radius 3 is 3.08 bits per heavy atom. The minimum absolute atomic E-state index is 0.00306. The predicted molar refractivity (Wildman–Crippen MR) is 55.9 cm³/mol. The van der Waals surface area contributed by atoms with Gasteiger partial charge in [-0.3, -0.25) is 5.32 Å². The van der Waals surface area contributed by atoms with Crippen molar-refractivity contribution < 1.29 is 9.84 Å². The first-order chi connectivity index (χ1) is 6.26. The molecule has 0 amide bonds. The molecular formula is C8H15N2O2S+. The number of aliphatic hydroxyl groups excluding tert-OH is 1. The normalized spacial score (nSPS) is 27.8. The molecule has 13 heavy (non-hydrogen) atoms. The summed E-state index contributed by atoms with van der Waals surface area (Å²) < 4.78 is 9.22. The fourth-order valence-electron chi connectivity index (χ4n) is 1.13. The van der Waals surface area contributed by atoms with Crippen LogP contribution in [0, 0.1) is 0 Å². The summed E-state index contributed by atoms with van der Waals surface area (Å²) in [5.41, 5.74) is -0.00306. The van der Waals surface area contributed by atoms with Gasteiger partial charge in [0.05, 0.1) is 19.8 Å². The van der Waals surface area contributed by atoms with Crippen LogP contribution in [0.4, 0.5) is 0 Å². The van der Waals surface area contributed by atoms with Gasteiger partial charge < -0.3 is 9.84 Å². The van der Waals surface area contributed by atoms with Gasteiger partial charge in [-0.1, -0.05) is 0 Å². The van der Waals surface area contributed by atoms with Crippen LogP contribution in [-0.2, 0) is 4.74 Å². The van der Waals surface area contributed by atoms with Crippen molar-refractivity contribution in [2.45, 2.75) is 24.4 Å². The van der Waals surface area contributed by atoms with Crippen molar-refractivity contribution in [1.29, 1.82) is 0 Å². The summed E-state index contributed by atoms with van der Waals surface area (Å²) in [4.78, 5) is 0. The summed E-state index contributed by atoms with van der Waals surface area (Å²) in [6.07, 6.45) is 1.15. The summed E-state index contributed by atoms with van der Waals surface area (Å²) in [6, 6.07) is 0. The molecule has 2 atom stereocenters. The molecule has 0 aromatic heterocycles. The van der Waals surface area contributed by atoms with Crippen LogP contribution in [0.15, 0.2) is 0 Å². The summed E-state index contributed by atoms with van der Waals surface area (Å²) >= 11 is 1.46. The average Bonchev–Trinajstić information content (AvgIpc) is 2.14. The number of amidine groups is 1. The van der Waals surface area contributed by atoms with E-state index in [0.717, 1.165) is 11.6 Å². The molecule has 0 spiro atoms. The third-order valence-electron chi connectivity index (χ3n) is 1.82. The molecule has 4 nitrogen and oxygen atoms in total. The molecule has 1 aliphatic heterocycles. The van der Waals surface area contributed by atoms with E-state index in [9.17, 15) is 5.11 Å². The van der Waals surface area contributed by atoms with Crippen molar-refractivity contribution in [3.05, 3.63) is 0 Å². The van der Waals surface area contributed by atoms with Gasteiger partial charge in [-0.25, -0.2) is 4.67 Å². The summed E-state index contributed by atoms with van der Waals surface area (Å²) in [6.45, 7) is 4.05. The molecule has 5 heteroatoms. The fraction of sp³-hybridized carbons (Fsp3) is 0.750. The maximum absolute atomic E-state index is 9.37. The molecular weight excluding hydrogens is 188 g/mol. The van der Waals surface area contributed by atoms with E-state index < -0.39 is 0 Å². The first-order valence-corrected chi connectivity index (χ1v) is 5.12. The van der Waals surface area contributed by atoms with Crippen LogP contribution in [0.5, 0.6) is 0 Å². The molecule has 74 valence electrons. The van der Waals surface area contributed by atoms with Gasteiger partial charge in [-0.2, -0.15) is 0 Å². The van der Waals surface area contributed by atoms with Gasteiger partial charge in [0.1, 0.15) is 5.44 Å². The number of hydrogen-bond donors (Lipinski definition) is 2. The van der Waals surface area contributed by atoms with Crippen LogP contribution in [0.1, 0.15) is 12.8 Å². The Bertz CT molecular complexity index is 216. The highest BCUT2D eigenvalue weighted by atomic mass is 32.2. The number of hydrogen-bond acceptors (Lipinski definition) is 3. The number of nitrogens with zero attached hydrogens (tertiary/aromatic N) is 1. The first-order valence-electron chi connectivity index (χ1n) is 4.24. The van der Waals surface area contributed by atoms with Crippen LogP contribution < -0.4 is 9.98 Å². The van der Waals surface area contributed by atoms with Gasteiger partial charge in [0.15, 0.2) is 6.72 Å². The zero-order chi connectivity index (χ0) is 9.68. The molecule has 2 unspecified atom stereocenters. The highest BCUT2D eigenvalue weighted by Crippen LogP contribution is 2.23. The van der Waals surface area contributed by atoms with Crippen LogP contribution in [0.3, 0.4) is 0 Å². The quantitative estimate of drug-likeness (QED) is 0.345. The molecule has 1 heterocycles. The van der Waals surface area contributed by atoms with E-state index in [1.54, 1.807) is 7.05 Å². The Morgan fingerprint density at radius 1 is 1.77 bits per heavy atom. The molecule has 0 saturated carbocycles. The maximum Gasteiger partial charge on any atom is 0.405 e. The third-order valence-corrected chi connectivity index (χ3v) is 2.97.